The minimum atomic E-state index is 0.591. The maximum absolute atomic E-state index is 5.39. The number of methoxy groups -OCH3 is 1. The molecule has 3 rings (SSSR count). The highest BCUT2D eigenvalue weighted by Gasteiger charge is 2.12. The van der Waals surface area contributed by atoms with E-state index in [0.29, 0.717) is 10.9 Å². The molecular formula is C13H12N4OS. The van der Waals surface area contributed by atoms with Gasteiger partial charge in [0, 0.05) is 11.8 Å². The Morgan fingerprint density at radius 1 is 1.21 bits per heavy atom. The molecule has 1 aromatic carbocycles. The number of ether oxygens (including phenoxy) is 1. The maximum atomic E-state index is 5.39. The monoisotopic (exact) mass is 272 g/mol. The molecule has 2 aromatic heterocycles. The first-order valence-corrected chi connectivity index (χ1v) is 6.95. The van der Waals surface area contributed by atoms with E-state index in [-0.39, 0.29) is 0 Å². The summed E-state index contributed by atoms with van der Waals surface area (Å²) in [5.41, 5.74) is 1.88. The number of thioether (sulfide) groups is 1. The van der Waals surface area contributed by atoms with Gasteiger partial charge in [-0.15, -0.1) is 5.10 Å². The van der Waals surface area contributed by atoms with Gasteiger partial charge in [0.1, 0.15) is 5.75 Å². The summed E-state index contributed by atoms with van der Waals surface area (Å²) < 4.78 is 7.13. The molecule has 0 atom stereocenters. The summed E-state index contributed by atoms with van der Waals surface area (Å²) in [4.78, 5) is 8.56. The Morgan fingerprint density at radius 2 is 2.05 bits per heavy atom. The SMILES string of the molecule is COc1ccccc1-c1ccnc2nc(SC)nn12. The topological polar surface area (TPSA) is 52.3 Å². The van der Waals surface area contributed by atoms with E-state index in [9.17, 15) is 0 Å². The molecule has 5 nitrogen and oxygen atoms in total. The molecule has 0 saturated heterocycles. The van der Waals surface area contributed by atoms with Crippen LogP contribution in [0.15, 0.2) is 41.7 Å². The van der Waals surface area contributed by atoms with E-state index >= 15 is 0 Å². The molecule has 0 N–H and O–H groups in total. The third-order valence-corrected chi connectivity index (χ3v) is 3.32. The first kappa shape index (κ1) is 12.0. The van der Waals surface area contributed by atoms with E-state index in [1.807, 2.05) is 36.6 Å². The number of hydrogen-bond acceptors (Lipinski definition) is 5. The van der Waals surface area contributed by atoms with Crippen LogP contribution in [0.1, 0.15) is 0 Å². The van der Waals surface area contributed by atoms with E-state index < -0.39 is 0 Å². The predicted molar refractivity (Wildman–Crippen MR) is 74.6 cm³/mol. The minimum Gasteiger partial charge on any atom is -0.496 e. The molecule has 0 aliphatic heterocycles. The summed E-state index contributed by atoms with van der Waals surface area (Å²) in [6.45, 7) is 0. The summed E-state index contributed by atoms with van der Waals surface area (Å²) in [5, 5.41) is 5.14. The zero-order chi connectivity index (χ0) is 13.2. The van der Waals surface area contributed by atoms with Crippen LogP contribution in [0.3, 0.4) is 0 Å². The number of aromatic nitrogens is 4. The van der Waals surface area contributed by atoms with Gasteiger partial charge >= 0.3 is 0 Å². The van der Waals surface area contributed by atoms with Crippen LogP contribution < -0.4 is 4.74 Å². The van der Waals surface area contributed by atoms with Crippen LogP contribution in [0.5, 0.6) is 5.75 Å². The molecule has 3 aromatic rings. The normalized spacial score (nSPS) is 10.8. The second-order valence-electron chi connectivity index (χ2n) is 3.84. The van der Waals surface area contributed by atoms with Crippen molar-refractivity contribution in [3.05, 3.63) is 36.5 Å². The lowest BCUT2D eigenvalue weighted by Crippen LogP contribution is -1.97. The van der Waals surface area contributed by atoms with Crippen molar-refractivity contribution in [3.63, 3.8) is 0 Å². The molecule has 0 saturated carbocycles. The molecule has 0 unspecified atom stereocenters. The van der Waals surface area contributed by atoms with Gasteiger partial charge in [-0.05, 0) is 24.5 Å². The highest BCUT2D eigenvalue weighted by molar-refractivity contribution is 7.98. The fourth-order valence-corrected chi connectivity index (χ4v) is 2.26. The Hall–Kier alpha value is -2.08. The smallest absolute Gasteiger partial charge is 0.253 e. The van der Waals surface area contributed by atoms with Crippen molar-refractivity contribution in [2.45, 2.75) is 5.16 Å². The molecule has 0 aliphatic rings. The van der Waals surface area contributed by atoms with Crippen LogP contribution in [-0.4, -0.2) is 32.9 Å². The average molecular weight is 272 g/mol. The fraction of sp³-hybridized carbons (Fsp3) is 0.154. The summed E-state index contributed by atoms with van der Waals surface area (Å²) >= 11 is 1.49. The Labute approximate surface area is 114 Å². The molecule has 0 bridgehead atoms. The van der Waals surface area contributed by atoms with Crippen LogP contribution in [0.2, 0.25) is 0 Å². The standard InChI is InChI=1S/C13H12N4OS/c1-18-11-6-4-3-5-9(11)10-7-8-14-12-15-13(19-2)16-17(10)12/h3-8H,1-2H3. The summed E-state index contributed by atoms with van der Waals surface area (Å²) in [7, 11) is 1.66. The molecule has 0 spiro atoms. The molecule has 6 heteroatoms. The summed E-state index contributed by atoms with van der Waals surface area (Å²) in [5.74, 6) is 1.39. The van der Waals surface area contributed by atoms with Crippen molar-refractivity contribution in [3.8, 4) is 17.0 Å². The van der Waals surface area contributed by atoms with Gasteiger partial charge in [-0.25, -0.2) is 4.98 Å². The van der Waals surface area contributed by atoms with E-state index in [4.69, 9.17) is 4.74 Å². The van der Waals surface area contributed by atoms with E-state index in [0.717, 1.165) is 17.0 Å². The van der Waals surface area contributed by atoms with E-state index in [2.05, 4.69) is 15.1 Å². The molecular weight excluding hydrogens is 260 g/mol. The highest BCUT2D eigenvalue weighted by Crippen LogP contribution is 2.29. The van der Waals surface area contributed by atoms with E-state index in [1.54, 1.807) is 17.8 Å². The van der Waals surface area contributed by atoms with Crippen molar-refractivity contribution < 1.29 is 4.74 Å². The second kappa shape index (κ2) is 4.89. The van der Waals surface area contributed by atoms with Gasteiger partial charge in [0.15, 0.2) is 0 Å². The van der Waals surface area contributed by atoms with Gasteiger partial charge in [-0.2, -0.15) is 9.50 Å². The minimum absolute atomic E-state index is 0.591. The lowest BCUT2D eigenvalue weighted by Gasteiger charge is -2.08. The molecule has 0 aliphatic carbocycles. The first-order valence-electron chi connectivity index (χ1n) is 5.72. The number of para-hydroxylation sites is 1. The van der Waals surface area contributed by atoms with Crippen molar-refractivity contribution >= 4 is 17.5 Å². The van der Waals surface area contributed by atoms with Crippen LogP contribution in [-0.2, 0) is 0 Å². The average Bonchev–Trinajstić information content (AvgIpc) is 2.90. The number of fused-ring (bicyclic) bond motifs is 1. The molecule has 96 valence electrons. The molecule has 0 fully saturated rings. The summed E-state index contributed by atoms with van der Waals surface area (Å²) in [6.07, 6.45) is 3.67. The number of nitrogens with zero attached hydrogens (tertiary/aromatic N) is 4. The third-order valence-electron chi connectivity index (χ3n) is 2.79. The Balaban J connectivity index is 2.27. The third kappa shape index (κ3) is 2.04. The maximum Gasteiger partial charge on any atom is 0.253 e. The van der Waals surface area contributed by atoms with Crippen LogP contribution in [0, 0.1) is 0 Å². The van der Waals surface area contributed by atoms with Crippen molar-refractivity contribution in [1.29, 1.82) is 0 Å². The second-order valence-corrected chi connectivity index (χ2v) is 4.61. The zero-order valence-corrected chi connectivity index (χ0v) is 11.4. The van der Waals surface area contributed by atoms with Crippen molar-refractivity contribution in [1.82, 2.24) is 19.6 Å². The Kier molecular flexibility index (Phi) is 3.08. The van der Waals surface area contributed by atoms with Gasteiger partial charge in [-0.3, -0.25) is 0 Å². The number of benzene rings is 1. The lowest BCUT2D eigenvalue weighted by molar-refractivity contribution is 0.416. The van der Waals surface area contributed by atoms with Crippen LogP contribution in [0.25, 0.3) is 17.0 Å². The quantitative estimate of drug-likeness (QED) is 0.686. The van der Waals surface area contributed by atoms with Crippen molar-refractivity contribution in [2.24, 2.45) is 0 Å². The molecule has 0 amide bonds. The van der Waals surface area contributed by atoms with Gasteiger partial charge in [0.25, 0.3) is 5.78 Å². The van der Waals surface area contributed by atoms with Gasteiger partial charge in [-0.1, -0.05) is 23.9 Å². The highest BCUT2D eigenvalue weighted by atomic mass is 32.2. The van der Waals surface area contributed by atoms with Gasteiger partial charge < -0.3 is 4.74 Å². The van der Waals surface area contributed by atoms with Gasteiger partial charge in [0.05, 0.1) is 12.8 Å². The largest absolute Gasteiger partial charge is 0.496 e. The fourth-order valence-electron chi connectivity index (χ4n) is 1.92. The summed E-state index contributed by atoms with van der Waals surface area (Å²) in [6, 6.07) is 9.73. The lowest BCUT2D eigenvalue weighted by atomic mass is 10.1. The predicted octanol–water partition coefficient (Wildman–Crippen LogP) is 2.52. The Morgan fingerprint density at radius 3 is 2.84 bits per heavy atom. The van der Waals surface area contributed by atoms with Crippen LogP contribution >= 0.6 is 11.8 Å². The zero-order valence-electron chi connectivity index (χ0n) is 10.6. The molecule has 19 heavy (non-hydrogen) atoms. The van der Waals surface area contributed by atoms with Crippen LogP contribution in [0.4, 0.5) is 0 Å². The van der Waals surface area contributed by atoms with Gasteiger partial charge in [0.2, 0.25) is 5.16 Å². The number of rotatable bonds is 3. The van der Waals surface area contributed by atoms with E-state index in [1.165, 1.54) is 11.8 Å². The first-order chi connectivity index (χ1) is 9.33. The Bertz CT molecular complexity index is 725. The molecule has 0 radical (unpaired) electrons. The number of hydrogen-bond donors (Lipinski definition) is 0. The van der Waals surface area contributed by atoms with Crippen molar-refractivity contribution in [2.75, 3.05) is 13.4 Å². The molecule has 2 heterocycles.